The normalized spacial score (nSPS) is 16.6. The summed E-state index contributed by atoms with van der Waals surface area (Å²) in [6.07, 6.45) is 5.31. The molecule has 0 bridgehead atoms. The summed E-state index contributed by atoms with van der Waals surface area (Å²) >= 11 is 0. The summed E-state index contributed by atoms with van der Waals surface area (Å²) in [5, 5.41) is 12.8. The first-order valence-corrected chi connectivity index (χ1v) is 10.0. The van der Waals surface area contributed by atoms with Crippen LogP contribution >= 0.6 is 0 Å². The summed E-state index contributed by atoms with van der Waals surface area (Å²) in [7, 11) is 0. The van der Waals surface area contributed by atoms with Gasteiger partial charge >= 0.3 is 0 Å². The van der Waals surface area contributed by atoms with Crippen molar-refractivity contribution in [2.24, 2.45) is 16.8 Å². The van der Waals surface area contributed by atoms with E-state index in [0.717, 1.165) is 51.4 Å². The molecule has 0 radical (unpaired) electrons. The molecule has 1 aliphatic heterocycles. The summed E-state index contributed by atoms with van der Waals surface area (Å²) in [4.78, 5) is 7.23. The van der Waals surface area contributed by atoms with Crippen LogP contribution in [0.25, 0.3) is 5.57 Å². The van der Waals surface area contributed by atoms with Crippen molar-refractivity contribution in [3.05, 3.63) is 42.0 Å². The highest BCUT2D eigenvalue weighted by atomic mass is 16.3. The molecule has 1 aliphatic rings. The fraction of sp³-hybridized carbons (Fsp3) is 0.591. The predicted octanol–water partition coefficient (Wildman–Crippen LogP) is 3.79. The van der Waals surface area contributed by atoms with Crippen LogP contribution in [0.3, 0.4) is 0 Å². The van der Waals surface area contributed by atoms with Crippen LogP contribution in [-0.2, 0) is 0 Å². The van der Waals surface area contributed by atoms with Crippen LogP contribution in [0.15, 0.2) is 41.4 Å². The van der Waals surface area contributed by atoms with E-state index in [1.54, 1.807) is 0 Å². The lowest BCUT2D eigenvalue weighted by Crippen LogP contribution is -2.43. The monoisotopic (exact) mass is 357 g/mol. The topological polar surface area (TPSA) is 47.9 Å². The fourth-order valence-electron chi connectivity index (χ4n) is 3.55. The van der Waals surface area contributed by atoms with Gasteiger partial charge in [-0.05, 0) is 49.2 Å². The van der Waals surface area contributed by atoms with Crippen LogP contribution in [0.5, 0.6) is 0 Å². The van der Waals surface area contributed by atoms with Gasteiger partial charge in [-0.3, -0.25) is 4.99 Å². The third-order valence-electron chi connectivity index (χ3n) is 4.83. The molecule has 26 heavy (non-hydrogen) atoms. The Morgan fingerprint density at radius 1 is 1.27 bits per heavy atom. The van der Waals surface area contributed by atoms with Gasteiger partial charge in [-0.2, -0.15) is 0 Å². The first-order chi connectivity index (χ1) is 12.6. The molecule has 0 aliphatic carbocycles. The van der Waals surface area contributed by atoms with Gasteiger partial charge in [-0.15, -0.1) is 0 Å². The molecule has 0 spiro atoms. The number of hydrogen-bond acceptors (Lipinski definition) is 2. The molecule has 144 valence electrons. The lowest BCUT2D eigenvalue weighted by Gasteiger charge is -2.30. The highest BCUT2D eigenvalue weighted by Gasteiger charge is 2.17. The van der Waals surface area contributed by atoms with Crippen LogP contribution in [0.2, 0.25) is 0 Å². The van der Waals surface area contributed by atoms with Gasteiger partial charge in [0, 0.05) is 32.8 Å². The van der Waals surface area contributed by atoms with Gasteiger partial charge < -0.3 is 15.3 Å². The summed E-state index contributed by atoms with van der Waals surface area (Å²) in [5.74, 6) is 2.09. The maximum Gasteiger partial charge on any atom is 0.194 e. The molecule has 0 saturated carbocycles. The second-order valence-corrected chi connectivity index (χ2v) is 7.49. The molecule has 1 unspecified atom stereocenters. The van der Waals surface area contributed by atoms with E-state index in [-0.39, 0.29) is 6.61 Å². The second-order valence-electron chi connectivity index (χ2n) is 7.49. The van der Waals surface area contributed by atoms with Gasteiger partial charge in [0.05, 0.1) is 0 Å². The van der Waals surface area contributed by atoms with E-state index in [4.69, 9.17) is 4.99 Å². The van der Waals surface area contributed by atoms with Crippen LogP contribution in [0.1, 0.15) is 45.6 Å². The lowest BCUT2D eigenvalue weighted by atomic mass is 9.94. The molecule has 4 nitrogen and oxygen atoms in total. The predicted molar refractivity (Wildman–Crippen MR) is 111 cm³/mol. The molecule has 1 atom stereocenters. The van der Waals surface area contributed by atoms with Gasteiger partial charge in [-0.25, -0.2) is 0 Å². The van der Waals surface area contributed by atoms with E-state index in [2.05, 4.69) is 67.4 Å². The van der Waals surface area contributed by atoms with Gasteiger partial charge in [0.25, 0.3) is 0 Å². The Kier molecular flexibility index (Phi) is 8.69. The van der Waals surface area contributed by atoms with Crippen molar-refractivity contribution < 1.29 is 5.11 Å². The van der Waals surface area contributed by atoms with Crippen molar-refractivity contribution in [2.75, 3.05) is 32.8 Å². The van der Waals surface area contributed by atoms with Gasteiger partial charge in [0.1, 0.15) is 0 Å². The molecule has 0 fully saturated rings. The Morgan fingerprint density at radius 2 is 2.04 bits per heavy atom. The zero-order chi connectivity index (χ0) is 18.8. The number of nitrogens with zero attached hydrogens (tertiary/aromatic N) is 2. The van der Waals surface area contributed by atoms with Gasteiger partial charge in [0.15, 0.2) is 5.96 Å². The zero-order valence-electron chi connectivity index (χ0n) is 16.6. The van der Waals surface area contributed by atoms with E-state index in [1.807, 2.05) is 0 Å². The molecule has 1 heterocycles. The molecule has 0 amide bonds. The van der Waals surface area contributed by atoms with E-state index < -0.39 is 0 Å². The number of guanidine groups is 1. The molecule has 2 rings (SSSR count). The molecule has 0 aromatic heterocycles. The average molecular weight is 358 g/mol. The third kappa shape index (κ3) is 6.49. The highest BCUT2D eigenvalue weighted by Crippen LogP contribution is 2.22. The van der Waals surface area contributed by atoms with Crippen LogP contribution in [0, 0.1) is 11.8 Å². The second kappa shape index (κ2) is 11.0. The van der Waals surface area contributed by atoms with Gasteiger partial charge in [-0.1, -0.05) is 50.3 Å². The van der Waals surface area contributed by atoms with Crippen LogP contribution in [0.4, 0.5) is 0 Å². The number of aliphatic hydroxyl groups excluding tert-OH is 1. The number of nitrogens with one attached hydrogen (secondary N) is 1. The summed E-state index contributed by atoms with van der Waals surface area (Å²) < 4.78 is 0. The Bertz CT molecular complexity index is 580. The summed E-state index contributed by atoms with van der Waals surface area (Å²) in [6, 6.07) is 10.6. The van der Waals surface area contributed by atoms with Crippen molar-refractivity contribution in [1.82, 2.24) is 10.2 Å². The molecule has 4 heteroatoms. The fourth-order valence-corrected chi connectivity index (χ4v) is 3.55. The summed E-state index contributed by atoms with van der Waals surface area (Å²) in [5.41, 5.74) is 2.75. The van der Waals surface area contributed by atoms with Crippen molar-refractivity contribution in [3.63, 3.8) is 0 Å². The Morgan fingerprint density at radius 3 is 2.62 bits per heavy atom. The first kappa shape index (κ1) is 20.5. The van der Waals surface area contributed by atoms with E-state index in [9.17, 15) is 5.11 Å². The SMILES string of the molecule is CCNC(=NCC(CCO)CC(C)C)N1CC=C(c2ccccc2)CC1. The quantitative estimate of drug-likeness (QED) is 0.550. The van der Waals surface area contributed by atoms with Crippen molar-refractivity contribution in [1.29, 1.82) is 0 Å². The number of rotatable bonds is 8. The van der Waals surface area contributed by atoms with Crippen molar-refractivity contribution in [3.8, 4) is 0 Å². The number of hydrogen-bond donors (Lipinski definition) is 2. The van der Waals surface area contributed by atoms with E-state index in [1.165, 1.54) is 11.1 Å². The molecule has 1 aromatic rings. The maximum atomic E-state index is 9.32. The van der Waals surface area contributed by atoms with Gasteiger partial charge in [0.2, 0.25) is 0 Å². The van der Waals surface area contributed by atoms with Crippen LogP contribution < -0.4 is 5.32 Å². The Hall–Kier alpha value is -1.81. The minimum Gasteiger partial charge on any atom is -0.396 e. The molecule has 0 saturated heterocycles. The number of aliphatic imine (C=N–C) groups is 1. The first-order valence-electron chi connectivity index (χ1n) is 10.0. The van der Waals surface area contributed by atoms with E-state index in [0.29, 0.717) is 11.8 Å². The molecule has 2 N–H and O–H groups in total. The van der Waals surface area contributed by atoms with Crippen molar-refractivity contribution >= 4 is 11.5 Å². The molecule has 1 aromatic carbocycles. The molecular formula is C22H35N3O. The maximum absolute atomic E-state index is 9.32. The molecular weight excluding hydrogens is 322 g/mol. The number of benzene rings is 1. The zero-order valence-corrected chi connectivity index (χ0v) is 16.6. The standard InChI is InChI=1S/C22H35N3O/c1-4-23-22(24-17-19(12-15-26)16-18(2)3)25-13-10-21(11-14-25)20-8-6-5-7-9-20/h5-10,18-19,26H,4,11-17H2,1-3H3,(H,23,24). The Labute approximate surface area is 159 Å². The Balaban J connectivity index is 2.01. The lowest BCUT2D eigenvalue weighted by molar-refractivity contribution is 0.245. The average Bonchev–Trinajstić information content (AvgIpc) is 2.65. The highest BCUT2D eigenvalue weighted by molar-refractivity contribution is 5.81. The minimum atomic E-state index is 0.246. The summed E-state index contributed by atoms with van der Waals surface area (Å²) in [6.45, 7) is 10.4. The largest absolute Gasteiger partial charge is 0.396 e. The van der Waals surface area contributed by atoms with Crippen LogP contribution in [-0.4, -0.2) is 48.8 Å². The third-order valence-corrected chi connectivity index (χ3v) is 4.83. The minimum absolute atomic E-state index is 0.246. The number of aliphatic hydroxyl groups is 1. The van der Waals surface area contributed by atoms with Crippen molar-refractivity contribution in [2.45, 2.75) is 40.0 Å². The van der Waals surface area contributed by atoms with E-state index >= 15 is 0 Å². The smallest absolute Gasteiger partial charge is 0.194 e.